The van der Waals surface area contributed by atoms with Crippen molar-refractivity contribution in [1.29, 1.82) is 0 Å². The van der Waals surface area contributed by atoms with Gasteiger partial charge < -0.3 is 4.90 Å². The van der Waals surface area contributed by atoms with Crippen LogP contribution in [0.25, 0.3) is 10.8 Å². The summed E-state index contributed by atoms with van der Waals surface area (Å²) in [4.78, 5) is 27.0. The molecule has 0 saturated carbocycles. The monoisotopic (exact) mass is 466 g/mol. The van der Waals surface area contributed by atoms with E-state index in [-0.39, 0.29) is 48.4 Å². The van der Waals surface area contributed by atoms with Gasteiger partial charge in [-0.15, -0.1) is 11.3 Å². The number of carbonyl (C=O) groups is 1. The highest BCUT2D eigenvalue weighted by molar-refractivity contribution is 7.91. The van der Waals surface area contributed by atoms with Gasteiger partial charge in [-0.1, -0.05) is 29.8 Å². The third-order valence-corrected chi connectivity index (χ3v) is 8.67. The molecule has 0 radical (unpaired) electrons. The fourth-order valence-corrected chi connectivity index (χ4v) is 6.54. The zero-order chi connectivity index (χ0) is 21.5. The summed E-state index contributed by atoms with van der Waals surface area (Å²) in [6, 6.07) is 10.2. The van der Waals surface area contributed by atoms with Crippen LogP contribution in [0.3, 0.4) is 0 Å². The van der Waals surface area contributed by atoms with Gasteiger partial charge in [-0.3, -0.25) is 9.59 Å². The number of aryl methyl sites for hydroxylation is 1. The number of fused-ring (bicyclic) bond motifs is 1. The summed E-state index contributed by atoms with van der Waals surface area (Å²) < 4.78 is 28.5. The minimum Gasteiger partial charge on any atom is -0.338 e. The summed E-state index contributed by atoms with van der Waals surface area (Å²) >= 11 is 6.87. The van der Waals surface area contributed by atoms with Crippen molar-refractivity contribution in [2.45, 2.75) is 17.7 Å². The number of piperazine rings is 1. The van der Waals surface area contributed by atoms with E-state index in [1.807, 2.05) is 12.1 Å². The van der Waals surface area contributed by atoms with Gasteiger partial charge in [0.2, 0.25) is 5.91 Å². The van der Waals surface area contributed by atoms with E-state index in [1.54, 1.807) is 30.0 Å². The van der Waals surface area contributed by atoms with E-state index < -0.39 is 10.0 Å². The molecule has 0 spiro atoms. The van der Waals surface area contributed by atoms with Crippen LogP contribution in [0.2, 0.25) is 4.34 Å². The Morgan fingerprint density at radius 3 is 2.40 bits per heavy atom. The van der Waals surface area contributed by atoms with Gasteiger partial charge in [-0.05, 0) is 25.1 Å². The van der Waals surface area contributed by atoms with Crippen molar-refractivity contribution in [1.82, 2.24) is 19.0 Å². The van der Waals surface area contributed by atoms with Crippen molar-refractivity contribution in [2.75, 3.05) is 26.2 Å². The molecule has 1 saturated heterocycles. The number of hydrogen-bond acceptors (Lipinski definition) is 6. The standard InChI is InChI=1S/C19H19ClN4O4S2/c1-13-14-4-2-3-5-15(14)19(26)24(21-13)12-17(25)22-8-10-23(11-9-22)30(27,28)18-7-6-16(20)29-18/h2-7H,8-12H2,1H3. The van der Waals surface area contributed by atoms with Crippen LogP contribution < -0.4 is 5.56 Å². The van der Waals surface area contributed by atoms with Crippen LogP contribution in [0.5, 0.6) is 0 Å². The van der Waals surface area contributed by atoms with Gasteiger partial charge in [0.25, 0.3) is 15.6 Å². The van der Waals surface area contributed by atoms with Crippen LogP contribution in [0, 0.1) is 6.92 Å². The molecule has 4 rings (SSSR count). The molecule has 8 nitrogen and oxygen atoms in total. The fraction of sp³-hybridized carbons (Fsp3) is 0.316. The van der Waals surface area contributed by atoms with Gasteiger partial charge in [0.05, 0.1) is 15.4 Å². The lowest BCUT2D eigenvalue weighted by Gasteiger charge is -2.33. The molecular weight excluding hydrogens is 448 g/mol. The Hall–Kier alpha value is -2.27. The second-order valence-corrected chi connectivity index (χ2v) is 10.8. The summed E-state index contributed by atoms with van der Waals surface area (Å²) in [6.45, 7) is 2.48. The molecule has 1 aliphatic heterocycles. The van der Waals surface area contributed by atoms with Crippen LogP contribution in [0.4, 0.5) is 0 Å². The average molecular weight is 467 g/mol. The SMILES string of the molecule is Cc1nn(CC(=O)N2CCN(S(=O)(=O)c3ccc(Cl)s3)CC2)c(=O)c2ccccc12. The highest BCUT2D eigenvalue weighted by Crippen LogP contribution is 2.28. The highest BCUT2D eigenvalue weighted by Gasteiger charge is 2.31. The number of carbonyl (C=O) groups excluding carboxylic acids is 1. The second kappa shape index (κ2) is 8.10. The molecule has 2 aromatic heterocycles. The molecule has 1 aliphatic rings. The minimum absolute atomic E-state index is 0.183. The van der Waals surface area contributed by atoms with Crippen molar-refractivity contribution >= 4 is 49.6 Å². The Kier molecular flexibility index (Phi) is 5.67. The van der Waals surface area contributed by atoms with Gasteiger partial charge in [0.1, 0.15) is 10.8 Å². The zero-order valence-corrected chi connectivity index (χ0v) is 18.5. The van der Waals surface area contributed by atoms with Gasteiger partial charge in [0, 0.05) is 31.6 Å². The fourth-order valence-electron chi connectivity index (χ4n) is 3.48. The first-order valence-corrected chi connectivity index (χ1v) is 11.9. The van der Waals surface area contributed by atoms with E-state index in [1.165, 1.54) is 15.1 Å². The molecule has 0 bridgehead atoms. The Bertz CT molecular complexity index is 1280. The van der Waals surface area contributed by atoms with E-state index in [2.05, 4.69) is 5.10 Å². The zero-order valence-electron chi connectivity index (χ0n) is 16.1. The quantitative estimate of drug-likeness (QED) is 0.586. The number of amides is 1. The highest BCUT2D eigenvalue weighted by atomic mass is 35.5. The van der Waals surface area contributed by atoms with Gasteiger partial charge in [0.15, 0.2) is 0 Å². The Balaban J connectivity index is 1.46. The summed E-state index contributed by atoms with van der Waals surface area (Å²) in [5, 5.41) is 5.55. The Morgan fingerprint density at radius 1 is 1.10 bits per heavy atom. The topological polar surface area (TPSA) is 92.6 Å². The van der Waals surface area contributed by atoms with Crippen molar-refractivity contribution in [3.8, 4) is 0 Å². The molecule has 0 aliphatic carbocycles. The molecule has 0 atom stereocenters. The molecule has 1 fully saturated rings. The number of sulfonamides is 1. The maximum Gasteiger partial charge on any atom is 0.275 e. The van der Waals surface area contributed by atoms with Crippen LogP contribution in [-0.4, -0.2) is 59.5 Å². The maximum absolute atomic E-state index is 12.7. The number of hydrogen-bond donors (Lipinski definition) is 0. The summed E-state index contributed by atoms with van der Waals surface area (Å²) in [5.74, 6) is -0.268. The van der Waals surface area contributed by atoms with Crippen LogP contribution in [-0.2, 0) is 21.4 Å². The molecule has 30 heavy (non-hydrogen) atoms. The lowest BCUT2D eigenvalue weighted by Crippen LogP contribution is -2.51. The van der Waals surface area contributed by atoms with Crippen LogP contribution in [0.15, 0.2) is 45.4 Å². The number of halogens is 1. The number of thiophene rings is 1. The van der Waals surface area contributed by atoms with Gasteiger partial charge in [-0.25, -0.2) is 13.1 Å². The molecule has 158 valence electrons. The Labute approximate surface area is 182 Å². The first-order valence-electron chi connectivity index (χ1n) is 9.27. The van der Waals surface area contributed by atoms with Gasteiger partial charge >= 0.3 is 0 Å². The van der Waals surface area contributed by atoms with Crippen molar-refractivity contribution in [3.05, 3.63) is 56.8 Å². The number of benzene rings is 1. The molecule has 11 heteroatoms. The van der Waals surface area contributed by atoms with Crippen molar-refractivity contribution in [3.63, 3.8) is 0 Å². The van der Waals surface area contributed by atoms with E-state index in [4.69, 9.17) is 11.6 Å². The minimum atomic E-state index is -3.62. The predicted molar refractivity (Wildman–Crippen MR) is 115 cm³/mol. The normalized spacial score (nSPS) is 15.6. The number of rotatable bonds is 4. The van der Waals surface area contributed by atoms with Crippen molar-refractivity contribution < 1.29 is 13.2 Å². The van der Waals surface area contributed by atoms with E-state index in [0.29, 0.717) is 15.4 Å². The van der Waals surface area contributed by atoms with Crippen LogP contribution in [0.1, 0.15) is 5.69 Å². The van der Waals surface area contributed by atoms with Crippen molar-refractivity contribution in [2.24, 2.45) is 0 Å². The second-order valence-electron chi connectivity index (χ2n) is 6.94. The average Bonchev–Trinajstić information content (AvgIpc) is 3.19. The molecule has 3 aromatic rings. The summed E-state index contributed by atoms with van der Waals surface area (Å²) in [7, 11) is -3.62. The molecule has 3 heterocycles. The molecule has 0 N–H and O–H groups in total. The Morgan fingerprint density at radius 2 is 1.77 bits per heavy atom. The third-order valence-electron chi connectivity index (χ3n) is 5.07. The first kappa shape index (κ1) is 21.0. The largest absolute Gasteiger partial charge is 0.338 e. The molecule has 1 amide bonds. The number of nitrogens with zero attached hydrogens (tertiary/aromatic N) is 4. The first-order chi connectivity index (χ1) is 14.3. The van der Waals surface area contributed by atoms with E-state index >= 15 is 0 Å². The van der Waals surface area contributed by atoms with Gasteiger partial charge in [-0.2, -0.15) is 9.40 Å². The lowest BCUT2D eigenvalue weighted by atomic mass is 10.1. The smallest absolute Gasteiger partial charge is 0.275 e. The molecule has 0 unspecified atom stereocenters. The molecule has 1 aromatic carbocycles. The maximum atomic E-state index is 12.7. The summed E-state index contributed by atoms with van der Waals surface area (Å²) in [5.41, 5.74) is 0.351. The third kappa shape index (κ3) is 3.87. The number of aromatic nitrogens is 2. The van der Waals surface area contributed by atoms with Crippen LogP contribution >= 0.6 is 22.9 Å². The lowest BCUT2D eigenvalue weighted by molar-refractivity contribution is -0.133. The predicted octanol–water partition coefficient (Wildman–Crippen LogP) is 1.95. The summed E-state index contributed by atoms with van der Waals surface area (Å²) in [6.07, 6.45) is 0. The van der Waals surface area contributed by atoms with E-state index in [9.17, 15) is 18.0 Å². The van der Waals surface area contributed by atoms with E-state index in [0.717, 1.165) is 16.7 Å². The molecular formula is C19H19ClN4O4S2.